The summed E-state index contributed by atoms with van der Waals surface area (Å²) in [7, 11) is 0. The van der Waals surface area contributed by atoms with Crippen molar-refractivity contribution in [2.75, 3.05) is 0 Å². The fourth-order valence-electron chi connectivity index (χ4n) is 2.60. The molecular formula is C21H14Cl2N2S. The van der Waals surface area contributed by atoms with E-state index in [2.05, 4.69) is 30.1 Å². The third-order valence-electron chi connectivity index (χ3n) is 3.97. The maximum absolute atomic E-state index is 6.17. The number of halogens is 2. The van der Waals surface area contributed by atoms with Crippen molar-refractivity contribution in [2.24, 2.45) is 4.99 Å². The molecule has 26 heavy (non-hydrogen) atoms. The first-order valence-electron chi connectivity index (χ1n) is 8.05. The van der Waals surface area contributed by atoms with Crippen molar-refractivity contribution in [3.05, 3.63) is 81.8 Å². The minimum atomic E-state index is 0.586. The average Bonchev–Trinajstić information content (AvgIpc) is 3.04. The zero-order chi connectivity index (χ0) is 18.1. The molecule has 0 atom stereocenters. The average molecular weight is 397 g/mol. The molecule has 0 aliphatic rings. The molecule has 5 heteroatoms. The second kappa shape index (κ2) is 7.20. The van der Waals surface area contributed by atoms with Gasteiger partial charge in [0.15, 0.2) is 0 Å². The highest BCUT2D eigenvalue weighted by molar-refractivity contribution is 7.21. The van der Waals surface area contributed by atoms with Crippen molar-refractivity contribution < 1.29 is 0 Å². The highest BCUT2D eigenvalue weighted by Crippen LogP contribution is 2.31. The Balaban J connectivity index is 1.58. The van der Waals surface area contributed by atoms with Crippen LogP contribution in [0, 0.1) is 6.92 Å². The lowest BCUT2D eigenvalue weighted by Gasteiger charge is -2.00. The van der Waals surface area contributed by atoms with Crippen molar-refractivity contribution in [2.45, 2.75) is 6.92 Å². The van der Waals surface area contributed by atoms with Crippen LogP contribution in [0.25, 0.3) is 20.8 Å². The molecule has 0 spiro atoms. The van der Waals surface area contributed by atoms with Gasteiger partial charge in [-0.1, -0.05) is 35.3 Å². The molecule has 0 aliphatic carbocycles. The van der Waals surface area contributed by atoms with Gasteiger partial charge in [-0.15, -0.1) is 11.3 Å². The summed E-state index contributed by atoms with van der Waals surface area (Å²) in [5.74, 6) is 0. The Hall–Kier alpha value is -2.20. The zero-order valence-corrected chi connectivity index (χ0v) is 16.2. The minimum Gasteiger partial charge on any atom is -0.256 e. The van der Waals surface area contributed by atoms with Crippen molar-refractivity contribution >= 4 is 56.7 Å². The predicted octanol–water partition coefficient (Wildman–Crippen LogP) is 7.33. The normalized spacial score (nSPS) is 11.5. The SMILES string of the molecule is Cc1ccc2sc(-c3ccc(N=Cc4ccc(Cl)cc4Cl)cc3)nc2c1. The summed E-state index contributed by atoms with van der Waals surface area (Å²) in [6.45, 7) is 2.08. The molecule has 0 unspecified atom stereocenters. The number of aryl methyl sites for hydroxylation is 1. The maximum atomic E-state index is 6.17. The third-order valence-corrected chi connectivity index (χ3v) is 5.62. The van der Waals surface area contributed by atoms with Gasteiger partial charge in [0.05, 0.1) is 20.9 Å². The van der Waals surface area contributed by atoms with Gasteiger partial charge >= 0.3 is 0 Å². The molecule has 0 amide bonds. The molecule has 3 aromatic carbocycles. The topological polar surface area (TPSA) is 25.2 Å². The fourth-order valence-corrected chi connectivity index (χ4v) is 4.01. The van der Waals surface area contributed by atoms with E-state index in [-0.39, 0.29) is 0 Å². The van der Waals surface area contributed by atoms with Crippen LogP contribution in [0.3, 0.4) is 0 Å². The minimum absolute atomic E-state index is 0.586. The molecule has 0 radical (unpaired) electrons. The highest BCUT2D eigenvalue weighted by Gasteiger charge is 2.06. The quantitative estimate of drug-likeness (QED) is 0.332. The number of hydrogen-bond donors (Lipinski definition) is 0. The molecule has 0 bridgehead atoms. The number of aromatic nitrogens is 1. The molecule has 4 aromatic rings. The number of rotatable bonds is 3. The van der Waals surface area contributed by atoms with E-state index in [4.69, 9.17) is 28.2 Å². The van der Waals surface area contributed by atoms with E-state index in [1.54, 1.807) is 29.7 Å². The Labute approximate surface area is 165 Å². The number of hydrogen-bond acceptors (Lipinski definition) is 3. The summed E-state index contributed by atoms with van der Waals surface area (Å²) in [4.78, 5) is 9.22. The van der Waals surface area contributed by atoms with Crippen LogP contribution in [0.5, 0.6) is 0 Å². The van der Waals surface area contributed by atoms with Gasteiger partial charge in [0, 0.05) is 22.4 Å². The van der Waals surface area contributed by atoms with Gasteiger partial charge in [0.25, 0.3) is 0 Å². The Morgan fingerprint density at radius 1 is 0.962 bits per heavy atom. The second-order valence-electron chi connectivity index (χ2n) is 5.96. The molecule has 0 aliphatic heterocycles. The first-order valence-corrected chi connectivity index (χ1v) is 9.62. The molecule has 1 heterocycles. The van der Waals surface area contributed by atoms with Crippen molar-refractivity contribution in [3.8, 4) is 10.6 Å². The van der Waals surface area contributed by atoms with E-state index >= 15 is 0 Å². The number of thiazole rings is 1. The van der Waals surface area contributed by atoms with E-state index in [0.717, 1.165) is 27.3 Å². The molecule has 1 aromatic heterocycles. The van der Waals surface area contributed by atoms with Gasteiger partial charge in [0.1, 0.15) is 5.01 Å². The van der Waals surface area contributed by atoms with Crippen LogP contribution in [-0.2, 0) is 0 Å². The number of nitrogens with zero attached hydrogens (tertiary/aromatic N) is 2. The van der Waals surface area contributed by atoms with Crippen LogP contribution in [0.1, 0.15) is 11.1 Å². The van der Waals surface area contributed by atoms with E-state index in [0.29, 0.717) is 10.0 Å². The second-order valence-corrected chi connectivity index (χ2v) is 7.84. The van der Waals surface area contributed by atoms with Crippen LogP contribution in [0.2, 0.25) is 10.0 Å². The van der Waals surface area contributed by atoms with Crippen LogP contribution in [0.15, 0.2) is 65.7 Å². The Bertz CT molecular complexity index is 1110. The summed E-state index contributed by atoms with van der Waals surface area (Å²) in [5.41, 5.74) is 5.05. The molecule has 2 nitrogen and oxygen atoms in total. The third kappa shape index (κ3) is 3.65. The van der Waals surface area contributed by atoms with Gasteiger partial charge < -0.3 is 0 Å². The molecule has 0 saturated carbocycles. The zero-order valence-electron chi connectivity index (χ0n) is 13.9. The summed E-state index contributed by atoms with van der Waals surface area (Å²) in [6.07, 6.45) is 1.74. The number of fused-ring (bicyclic) bond motifs is 1. The monoisotopic (exact) mass is 396 g/mol. The fraction of sp³-hybridized carbons (Fsp3) is 0.0476. The van der Waals surface area contributed by atoms with Gasteiger partial charge in [0.2, 0.25) is 0 Å². The van der Waals surface area contributed by atoms with Crippen LogP contribution >= 0.6 is 34.5 Å². The largest absolute Gasteiger partial charge is 0.256 e. The van der Waals surface area contributed by atoms with Crippen LogP contribution in [0.4, 0.5) is 5.69 Å². The summed E-state index contributed by atoms with van der Waals surface area (Å²) < 4.78 is 1.20. The standard InChI is InChI=1S/C21H14Cl2N2S/c1-13-2-9-20-19(10-13)25-21(26-20)14-4-7-17(8-5-14)24-12-15-3-6-16(22)11-18(15)23/h2-12H,1H3. The van der Waals surface area contributed by atoms with Crippen molar-refractivity contribution in [1.82, 2.24) is 4.98 Å². The number of aliphatic imine (C=N–C) groups is 1. The van der Waals surface area contributed by atoms with Crippen LogP contribution < -0.4 is 0 Å². The van der Waals surface area contributed by atoms with E-state index in [1.807, 2.05) is 30.3 Å². The number of benzene rings is 3. The molecule has 0 N–H and O–H groups in total. The van der Waals surface area contributed by atoms with Gasteiger partial charge in [-0.2, -0.15) is 0 Å². The highest BCUT2D eigenvalue weighted by atomic mass is 35.5. The predicted molar refractivity (Wildman–Crippen MR) is 114 cm³/mol. The summed E-state index contributed by atoms with van der Waals surface area (Å²) in [6, 6.07) is 19.8. The first-order chi connectivity index (χ1) is 12.6. The maximum Gasteiger partial charge on any atom is 0.124 e. The molecular weight excluding hydrogens is 383 g/mol. The summed E-state index contributed by atoms with van der Waals surface area (Å²) >= 11 is 13.8. The van der Waals surface area contributed by atoms with Crippen molar-refractivity contribution in [3.63, 3.8) is 0 Å². The first kappa shape index (κ1) is 17.2. The lowest BCUT2D eigenvalue weighted by atomic mass is 10.2. The van der Waals surface area contributed by atoms with Crippen LogP contribution in [-0.4, -0.2) is 11.2 Å². The molecule has 4 rings (SSSR count). The Kier molecular flexibility index (Phi) is 4.77. The van der Waals surface area contributed by atoms with Gasteiger partial charge in [-0.3, -0.25) is 4.99 Å². The van der Waals surface area contributed by atoms with E-state index in [9.17, 15) is 0 Å². The summed E-state index contributed by atoms with van der Waals surface area (Å²) in [5, 5.41) is 2.21. The smallest absolute Gasteiger partial charge is 0.124 e. The van der Waals surface area contributed by atoms with Crippen molar-refractivity contribution in [1.29, 1.82) is 0 Å². The Morgan fingerprint density at radius 3 is 2.54 bits per heavy atom. The molecule has 128 valence electrons. The van der Waals surface area contributed by atoms with E-state index in [1.165, 1.54) is 10.3 Å². The lowest BCUT2D eigenvalue weighted by Crippen LogP contribution is -1.82. The van der Waals surface area contributed by atoms with Gasteiger partial charge in [-0.25, -0.2) is 4.98 Å². The van der Waals surface area contributed by atoms with E-state index < -0.39 is 0 Å². The molecule has 0 fully saturated rings. The lowest BCUT2D eigenvalue weighted by molar-refractivity contribution is 1.43. The molecule has 0 saturated heterocycles. The van der Waals surface area contributed by atoms with Gasteiger partial charge in [-0.05, 0) is 61.0 Å². The Morgan fingerprint density at radius 2 is 1.77 bits per heavy atom.